The number of benzene rings is 1. The zero-order valence-corrected chi connectivity index (χ0v) is 12.2. The van der Waals surface area contributed by atoms with Crippen LogP contribution in [0.1, 0.15) is 12.0 Å². The number of anilines is 1. The second kappa shape index (κ2) is 5.57. The van der Waals surface area contributed by atoms with E-state index in [9.17, 15) is 10.1 Å². The van der Waals surface area contributed by atoms with Crippen LogP contribution in [0.2, 0.25) is 0 Å². The Balaban J connectivity index is 1.81. The Morgan fingerprint density at radius 3 is 3.05 bits per heavy atom. The molecule has 1 aliphatic rings. The van der Waals surface area contributed by atoms with Gasteiger partial charge in [0, 0.05) is 19.3 Å². The molecule has 0 amide bonds. The molecule has 0 fully saturated rings. The molecule has 1 aromatic carbocycles. The molecule has 7 nitrogen and oxygen atoms in total. The molecular weight excluding hydrogens is 290 g/mol. The van der Waals surface area contributed by atoms with Gasteiger partial charge in [-0.1, -0.05) is 0 Å². The molecule has 0 spiro atoms. The first-order valence-corrected chi connectivity index (χ1v) is 7.31. The minimum absolute atomic E-state index is 0.0315. The Hall–Kier alpha value is -2.35. The highest BCUT2D eigenvalue weighted by molar-refractivity contribution is 7.18. The van der Waals surface area contributed by atoms with Crippen LogP contribution < -0.4 is 4.90 Å². The van der Waals surface area contributed by atoms with Crippen LogP contribution in [-0.2, 0) is 6.42 Å². The summed E-state index contributed by atoms with van der Waals surface area (Å²) in [6, 6.07) is 5.94. The van der Waals surface area contributed by atoms with Gasteiger partial charge in [0.25, 0.3) is 0 Å². The van der Waals surface area contributed by atoms with Crippen LogP contribution in [0.15, 0.2) is 34.6 Å². The van der Waals surface area contributed by atoms with Crippen LogP contribution in [0.25, 0.3) is 0 Å². The summed E-state index contributed by atoms with van der Waals surface area (Å²) < 4.78 is 0. The topological polar surface area (TPSA) is 84.0 Å². The number of azo groups is 1. The molecule has 108 valence electrons. The van der Waals surface area contributed by atoms with Crippen molar-refractivity contribution < 1.29 is 4.92 Å². The average molecular weight is 303 g/mol. The molecule has 8 heteroatoms. The van der Waals surface area contributed by atoms with Crippen molar-refractivity contribution in [3.05, 3.63) is 40.1 Å². The second-order valence-corrected chi connectivity index (χ2v) is 5.76. The predicted molar refractivity (Wildman–Crippen MR) is 81.0 cm³/mol. The molecule has 0 bridgehead atoms. The molecule has 3 rings (SSSR count). The number of hydrogen-bond acceptors (Lipinski definition) is 7. The summed E-state index contributed by atoms with van der Waals surface area (Å²) in [6.07, 6.45) is 3.36. The lowest BCUT2D eigenvalue weighted by Crippen LogP contribution is -2.24. The molecule has 0 saturated carbocycles. The third-order valence-electron chi connectivity index (χ3n) is 3.33. The van der Waals surface area contributed by atoms with Gasteiger partial charge in [-0.3, -0.25) is 10.1 Å². The summed E-state index contributed by atoms with van der Waals surface area (Å²) in [4.78, 5) is 16.2. The Bertz CT molecular complexity index is 712. The Kier molecular flexibility index (Phi) is 3.61. The van der Waals surface area contributed by atoms with Crippen LogP contribution in [0.5, 0.6) is 0 Å². The second-order valence-electron chi connectivity index (χ2n) is 4.78. The molecule has 1 aromatic heterocycles. The molecule has 1 aliphatic heterocycles. The number of nitrogens with zero attached hydrogens (tertiary/aromatic N) is 5. The van der Waals surface area contributed by atoms with E-state index in [2.05, 4.69) is 27.2 Å². The van der Waals surface area contributed by atoms with E-state index in [1.165, 1.54) is 17.4 Å². The fraction of sp³-hybridized carbons (Fsp3) is 0.308. The summed E-state index contributed by atoms with van der Waals surface area (Å²) in [7, 11) is 2.08. The van der Waals surface area contributed by atoms with Crippen molar-refractivity contribution in [2.45, 2.75) is 12.8 Å². The molecule has 21 heavy (non-hydrogen) atoms. The van der Waals surface area contributed by atoms with E-state index in [0.717, 1.165) is 36.4 Å². The van der Waals surface area contributed by atoms with E-state index in [4.69, 9.17) is 0 Å². The van der Waals surface area contributed by atoms with E-state index in [-0.39, 0.29) is 10.1 Å². The third-order valence-corrected chi connectivity index (χ3v) is 4.16. The van der Waals surface area contributed by atoms with Gasteiger partial charge in [0.05, 0.1) is 10.6 Å². The Morgan fingerprint density at radius 1 is 1.43 bits per heavy atom. The number of aromatic nitrogens is 1. The first kappa shape index (κ1) is 13.6. The van der Waals surface area contributed by atoms with Gasteiger partial charge in [-0.2, -0.15) is 0 Å². The molecule has 2 heterocycles. The highest BCUT2D eigenvalue weighted by Gasteiger charge is 2.14. The highest BCUT2D eigenvalue weighted by Crippen LogP contribution is 2.32. The fourth-order valence-electron chi connectivity index (χ4n) is 2.32. The predicted octanol–water partition coefficient (Wildman–Crippen LogP) is 3.85. The lowest BCUT2D eigenvalue weighted by atomic mass is 10.0. The van der Waals surface area contributed by atoms with Gasteiger partial charge in [0.15, 0.2) is 0 Å². The lowest BCUT2D eigenvalue weighted by molar-refractivity contribution is -0.380. The minimum atomic E-state index is -0.481. The van der Waals surface area contributed by atoms with Gasteiger partial charge in [0.2, 0.25) is 5.13 Å². The van der Waals surface area contributed by atoms with E-state index < -0.39 is 4.92 Å². The van der Waals surface area contributed by atoms with Crippen LogP contribution >= 0.6 is 11.3 Å². The Labute approximate surface area is 125 Å². The summed E-state index contributed by atoms with van der Waals surface area (Å²) in [5.41, 5.74) is 3.22. The fourth-order valence-corrected chi connectivity index (χ4v) is 2.88. The summed E-state index contributed by atoms with van der Waals surface area (Å²) in [6.45, 7) is 1.07. The molecule has 0 N–H and O–H groups in total. The monoisotopic (exact) mass is 303 g/mol. The smallest absolute Gasteiger partial charge is 0.345 e. The molecule has 0 atom stereocenters. The van der Waals surface area contributed by atoms with Crippen molar-refractivity contribution in [1.29, 1.82) is 0 Å². The molecule has 0 saturated heterocycles. The summed E-state index contributed by atoms with van der Waals surface area (Å²) in [5.74, 6) is 0. The molecule has 0 unspecified atom stereocenters. The largest absolute Gasteiger partial charge is 0.374 e. The highest BCUT2D eigenvalue weighted by atomic mass is 32.1. The number of aryl methyl sites for hydroxylation is 1. The van der Waals surface area contributed by atoms with Crippen molar-refractivity contribution in [1.82, 2.24) is 4.98 Å². The molecule has 2 aromatic rings. The van der Waals surface area contributed by atoms with Crippen molar-refractivity contribution in [2.24, 2.45) is 10.2 Å². The third kappa shape index (κ3) is 2.89. The first-order valence-electron chi connectivity index (χ1n) is 6.49. The quantitative estimate of drug-likeness (QED) is 0.489. The van der Waals surface area contributed by atoms with Gasteiger partial charge in [-0.25, -0.2) is 4.98 Å². The SMILES string of the molecule is CN1CCCc2cc(N=Nc3ncc([N+](=O)[O-])s3)ccc21. The van der Waals surface area contributed by atoms with Gasteiger partial charge < -0.3 is 4.90 Å². The molecule has 0 radical (unpaired) electrons. The van der Waals surface area contributed by atoms with Crippen molar-refractivity contribution in [2.75, 3.05) is 18.5 Å². The first-order chi connectivity index (χ1) is 10.1. The van der Waals surface area contributed by atoms with Crippen molar-refractivity contribution in [3.63, 3.8) is 0 Å². The maximum atomic E-state index is 10.6. The number of hydrogen-bond donors (Lipinski definition) is 0. The van der Waals surface area contributed by atoms with Gasteiger partial charge in [0.1, 0.15) is 6.20 Å². The maximum absolute atomic E-state index is 10.6. The van der Waals surface area contributed by atoms with Crippen LogP contribution in [0.3, 0.4) is 0 Å². The lowest BCUT2D eigenvalue weighted by Gasteiger charge is -2.27. The number of nitro groups is 1. The molecule has 0 aliphatic carbocycles. The summed E-state index contributed by atoms with van der Waals surface area (Å²) >= 11 is 0.911. The van der Waals surface area contributed by atoms with E-state index in [0.29, 0.717) is 0 Å². The van der Waals surface area contributed by atoms with E-state index >= 15 is 0 Å². The summed E-state index contributed by atoms with van der Waals surface area (Å²) in [5, 5.41) is 18.9. The van der Waals surface area contributed by atoms with E-state index in [1.54, 1.807) is 0 Å². The Morgan fingerprint density at radius 2 is 2.29 bits per heavy atom. The van der Waals surface area contributed by atoms with Crippen molar-refractivity contribution >= 4 is 32.8 Å². The average Bonchev–Trinajstić information content (AvgIpc) is 2.94. The normalized spacial score (nSPS) is 14.4. The van der Waals surface area contributed by atoms with Crippen LogP contribution in [-0.4, -0.2) is 23.5 Å². The van der Waals surface area contributed by atoms with Gasteiger partial charge >= 0.3 is 5.00 Å². The van der Waals surface area contributed by atoms with Crippen molar-refractivity contribution in [3.8, 4) is 0 Å². The number of fused-ring (bicyclic) bond motifs is 1. The zero-order valence-electron chi connectivity index (χ0n) is 11.4. The van der Waals surface area contributed by atoms with Gasteiger partial charge in [-0.15, -0.1) is 10.2 Å². The van der Waals surface area contributed by atoms with Crippen LogP contribution in [0, 0.1) is 10.1 Å². The maximum Gasteiger partial charge on any atom is 0.345 e. The molecular formula is C13H13N5O2S. The standard InChI is InChI=1S/C13H13N5O2S/c1-17-6-2-3-9-7-10(4-5-11(9)17)15-16-13-14-8-12(21-13)18(19)20/h4-5,7-8H,2-3,6H2,1H3. The van der Waals surface area contributed by atoms with Gasteiger partial charge in [-0.05, 0) is 47.9 Å². The van der Waals surface area contributed by atoms with E-state index in [1.807, 2.05) is 18.2 Å². The zero-order chi connectivity index (χ0) is 14.8. The van der Waals surface area contributed by atoms with Crippen LogP contribution in [0.4, 0.5) is 21.5 Å². The minimum Gasteiger partial charge on any atom is -0.374 e. The number of rotatable bonds is 3. The number of thiazole rings is 1.